The maximum Gasteiger partial charge on any atom is 0.238 e. The van der Waals surface area contributed by atoms with Crippen molar-refractivity contribution in [1.82, 2.24) is 19.5 Å². The second-order valence-corrected chi connectivity index (χ2v) is 10.7. The number of hydrogen-bond acceptors (Lipinski definition) is 4. The zero-order chi connectivity index (χ0) is 26.5. The van der Waals surface area contributed by atoms with Crippen LogP contribution in [0, 0.1) is 0 Å². The molecule has 0 atom stereocenters. The molecule has 0 bridgehead atoms. The molecule has 0 saturated heterocycles. The van der Waals surface area contributed by atoms with Gasteiger partial charge in [0.2, 0.25) is 5.95 Å². The molecule has 4 nitrogen and oxygen atoms in total. The summed E-state index contributed by atoms with van der Waals surface area (Å²) >= 11 is 1.77. The second kappa shape index (κ2) is 9.26. The van der Waals surface area contributed by atoms with Crippen LogP contribution in [0.5, 0.6) is 0 Å². The molecule has 0 N–H and O–H groups in total. The Labute approximate surface area is 234 Å². The predicted molar refractivity (Wildman–Crippen MR) is 166 cm³/mol. The van der Waals surface area contributed by atoms with Gasteiger partial charge in [-0.05, 0) is 40.1 Å². The Hall–Kier alpha value is -5.13. The lowest BCUT2D eigenvalue weighted by Crippen LogP contribution is -2.06. The molecule has 5 heteroatoms. The van der Waals surface area contributed by atoms with Crippen molar-refractivity contribution in [1.29, 1.82) is 0 Å². The van der Waals surface area contributed by atoms with E-state index in [0.29, 0.717) is 17.6 Å². The van der Waals surface area contributed by atoms with Crippen LogP contribution in [0.1, 0.15) is 0 Å². The highest BCUT2D eigenvalue weighted by atomic mass is 32.1. The lowest BCUT2D eigenvalue weighted by molar-refractivity contribution is 0.953. The van der Waals surface area contributed by atoms with Gasteiger partial charge in [-0.3, -0.25) is 4.57 Å². The van der Waals surface area contributed by atoms with Gasteiger partial charge in [0.25, 0.3) is 0 Å². The van der Waals surface area contributed by atoms with Crippen LogP contribution in [0.4, 0.5) is 0 Å². The molecule has 3 aromatic heterocycles. The van der Waals surface area contributed by atoms with Crippen LogP contribution in [0.25, 0.3) is 71.7 Å². The fourth-order valence-electron chi connectivity index (χ4n) is 5.45. The maximum atomic E-state index is 5.09. The Morgan fingerprint density at radius 3 is 1.82 bits per heavy atom. The Balaban J connectivity index is 1.38. The van der Waals surface area contributed by atoms with Crippen LogP contribution >= 0.6 is 11.3 Å². The van der Waals surface area contributed by atoms with E-state index in [1.807, 2.05) is 36.4 Å². The number of thiophene rings is 1. The summed E-state index contributed by atoms with van der Waals surface area (Å²) in [5.74, 6) is 1.90. The molecule has 0 saturated carbocycles. The topological polar surface area (TPSA) is 43.6 Å². The molecule has 8 aromatic rings. The third-order valence-corrected chi connectivity index (χ3v) is 8.31. The molecule has 8 rings (SSSR count). The van der Waals surface area contributed by atoms with Gasteiger partial charge >= 0.3 is 0 Å². The van der Waals surface area contributed by atoms with Gasteiger partial charge in [-0.1, -0.05) is 109 Å². The van der Waals surface area contributed by atoms with Crippen molar-refractivity contribution in [2.24, 2.45) is 0 Å². The largest absolute Gasteiger partial charge is 0.278 e. The summed E-state index contributed by atoms with van der Waals surface area (Å²) in [4.78, 5) is 15.1. The van der Waals surface area contributed by atoms with E-state index in [1.54, 1.807) is 11.3 Å². The predicted octanol–water partition coefficient (Wildman–Crippen LogP) is 9.18. The van der Waals surface area contributed by atoms with E-state index >= 15 is 0 Å². The minimum absolute atomic E-state index is 0.609. The summed E-state index contributed by atoms with van der Waals surface area (Å²) < 4.78 is 3.46. The van der Waals surface area contributed by atoms with E-state index in [4.69, 9.17) is 15.0 Å². The zero-order valence-electron chi connectivity index (χ0n) is 21.4. The van der Waals surface area contributed by atoms with Gasteiger partial charge in [-0.25, -0.2) is 4.98 Å². The van der Waals surface area contributed by atoms with Crippen LogP contribution in [-0.2, 0) is 0 Å². The first-order valence-corrected chi connectivity index (χ1v) is 14.1. The lowest BCUT2D eigenvalue weighted by Gasteiger charge is -2.11. The first-order chi connectivity index (χ1) is 19.8. The summed E-state index contributed by atoms with van der Waals surface area (Å²) in [6.45, 7) is 0. The SMILES string of the molecule is c1ccc(-c2ccc(-c3nc(-c4ccccc4)nc(-n4c5ccccc5c5c6sccc6ccc54)n3)cc2)cc1. The normalized spacial score (nSPS) is 11.5. The Morgan fingerprint density at radius 1 is 0.475 bits per heavy atom. The van der Waals surface area contributed by atoms with Crippen molar-refractivity contribution in [3.8, 4) is 39.9 Å². The number of para-hydroxylation sites is 1. The van der Waals surface area contributed by atoms with Gasteiger partial charge in [-0.2, -0.15) is 9.97 Å². The summed E-state index contributed by atoms with van der Waals surface area (Å²) in [5, 5.41) is 5.84. The van der Waals surface area contributed by atoms with E-state index in [2.05, 4.69) is 101 Å². The molecular weight excluding hydrogens is 508 g/mol. The van der Waals surface area contributed by atoms with Crippen molar-refractivity contribution in [2.75, 3.05) is 0 Å². The average molecular weight is 531 g/mol. The third-order valence-electron chi connectivity index (χ3n) is 7.36. The number of benzene rings is 5. The number of nitrogens with zero attached hydrogens (tertiary/aromatic N) is 4. The number of fused-ring (bicyclic) bond motifs is 5. The van der Waals surface area contributed by atoms with E-state index in [0.717, 1.165) is 27.7 Å². The van der Waals surface area contributed by atoms with Gasteiger partial charge in [0.15, 0.2) is 11.6 Å². The van der Waals surface area contributed by atoms with Crippen molar-refractivity contribution < 1.29 is 0 Å². The van der Waals surface area contributed by atoms with Crippen LogP contribution < -0.4 is 0 Å². The minimum Gasteiger partial charge on any atom is -0.278 e. The summed E-state index contributed by atoms with van der Waals surface area (Å²) in [7, 11) is 0. The third kappa shape index (κ3) is 3.71. The quantitative estimate of drug-likeness (QED) is 0.228. The fourth-order valence-corrected chi connectivity index (χ4v) is 6.40. The Kier molecular flexibility index (Phi) is 5.28. The summed E-state index contributed by atoms with van der Waals surface area (Å²) in [6, 6.07) is 44.0. The maximum absolute atomic E-state index is 5.09. The highest BCUT2D eigenvalue weighted by Crippen LogP contribution is 2.38. The molecule has 0 aliphatic carbocycles. The number of hydrogen-bond donors (Lipinski definition) is 0. The summed E-state index contributed by atoms with van der Waals surface area (Å²) in [5.41, 5.74) is 6.40. The van der Waals surface area contributed by atoms with Gasteiger partial charge in [0.1, 0.15) is 0 Å². The Morgan fingerprint density at radius 2 is 1.07 bits per heavy atom. The van der Waals surface area contributed by atoms with Crippen LogP contribution in [0.15, 0.2) is 133 Å². The Bertz CT molecular complexity index is 2140. The summed E-state index contributed by atoms with van der Waals surface area (Å²) in [6.07, 6.45) is 0. The second-order valence-electron chi connectivity index (χ2n) is 9.74. The molecular formula is C35H22N4S. The fraction of sp³-hybridized carbons (Fsp3) is 0. The van der Waals surface area contributed by atoms with Gasteiger partial charge in [0.05, 0.1) is 11.0 Å². The van der Waals surface area contributed by atoms with E-state index < -0.39 is 0 Å². The van der Waals surface area contributed by atoms with Crippen molar-refractivity contribution in [3.05, 3.63) is 133 Å². The van der Waals surface area contributed by atoms with Crippen molar-refractivity contribution in [3.63, 3.8) is 0 Å². The average Bonchev–Trinajstić information content (AvgIpc) is 3.64. The van der Waals surface area contributed by atoms with Crippen molar-refractivity contribution >= 4 is 43.2 Å². The van der Waals surface area contributed by atoms with Gasteiger partial charge in [0, 0.05) is 26.6 Å². The van der Waals surface area contributed by atoms with Crippen LogP contribution in [0.2, 0.25) is 0 Å². The molecule has 0 amide bonds. The number of rotatable bonds is 4. The lowest BCUT2D eigenvalue weighted by atomic mass is 10.0. The molecule has 0 radical (unpaired) electrons. The molecule has 188 valence electrons. The molecule has 0 spiro atoms. The van der Waals surface area contributed by atoms with E-state index in [9.17, 15) is 0 Å². The molecule has 0 aliphatic rings. The van der Waals surface area contributed by atoms with Gasteiger partial charge < -0.3 is 0 Å². The number of aromatic nitrogens is 4. The zero-order valence-corrected chi connectivity index (χ0v) is 22.2. The minimum atomic E-state index is 0.609. The standard InChI is InChI=1S/C35H22N4S/c1-3-9-23(10-4-1)24-15-17-27(18-16-24)34-36-33(26-11-5-2-6-12-26)37-35(38-34)39-29-14-8-7-13-28(29)31-30(39)20-19-25-21-22-40-32(25)31/h1-22H. The van der Waals surface area contributed by atoms with Crippen molar-refractivity contribution in [2.45, 2.75) is 0 Å². The highest BCUT2D eigenvalue weighted by molar-refractivity contribution is 7.18. The first kappa shape index (κ1) is 22.8. The molecule has 40 heavy (non-hydrogen) atoms. The van der Waals surface area contributed by atoms with E-state index in [1.165, 1.54) is 26.4 Å². The monoisotopic (exact) mass is 530 g/mol. The highest BCUT2D eigenvalue weighted by Gasteiger charge is 2.19. The molecule has 0 fully saturated rings. The molecule has 3 heterocycles. The molecule has 0 unspecified atom stereocenters. The molecule has 0 aliphatic heterocycles. The van der Waals surface area contributed by atoms with Gasteiger partial charge in [-0.15, -0.1) is 11.3 Å². The van der Waals surface area contributed by atoms with Crippen LogP contribution in [-0.4, -0.2) is 19.5 Å². The van der Waals surface area contributed by atoms with E-state index in [-0.39, 0.29) is 0 Å². The van der Waals surface area contributed by atoms with Crippen LogP contribution in [0.3, 0.4) is 0 Å². The first-order valence-electron chi connectivity index (χ1n) is 13.2. The molecule has 5 aromatic carbocycles. The smallest absolute Gasteiger partial charge is 0.238 e.